The van der Waals surface area contributed by atoms with Crippen LogP contribution in [0.1, 0.15) is 13.8 Å². The van der Waals surface area contributed by atoms with E-state index in [4.69, 9.17) is 12.2 Å². The van der Waals surface area contributed by atoms with Gasteiger partial charge in [0.1, 0.15) is 0 Å². The molecule has 0 aliphatic heterocycles. The molecule has 8 heteroatoms. The topological polar surface area (TPSA) is 82.3 Å². The molecule has 0 saturated heterocycles. The highest BCUT2D eigenvalue weighted by Gasteiger charge is 2.15. The Kier molecular flexibility index (Phi) is 8.24. The van der Waals surface area contributed by atoms with Crippen molar-refractivity contribution in [3.05, 3.63) is 78.9 Å². The van der Waals surface area contributed by atoms with Gasteiger partial charge in [-0.2, -0.15) is 0 Å². The molecule has 0 aliphatic carbocycles. The second kappa shape index (κ2) is 11.3. The van der Waals surface area contributed by atoms with Gasteiger partial charge in [0.2, 0.25) is 11.8 Å². The molecule has 1 unspecified atom stereocenters. The molecule has 0 bridgehead atoms. The van der Waals surface area contributed by atoms with Crippen molar-refractivity contribution in [1.82, 2.24) is 0 Å². The summed E-state index contributed by atoms with van der Waals surface area (Å²) in [5.41, 5.74) is 3.14. The molecule has 3 aromatic rings. The summed E-state index contributed by atoms with van der Waals surface area (Å²) in [6.45, 7) is 3.31. The van der Waals surface area contributed by atoms with E-state index < -0.39 is 0 Å². The summed E-state index contributed by atoms with van der Waals surface area (Å²) < 4.78 is 0. The van der Waals surface area contributed by atoms with Crippen LogP contribution < -0.4 is 21.3 Å². The third kappa shape index (κ3) is 7.40. The third-order valence-electron chi connectivity index (χ3n) is 4.30. The van der Waals surface area contributed by atoms with Crippen molar-refractivity contribution in [2.24, 2.45) is 0 Å². The molecule has 164 valence electrons. The van der Waals surface area contributed by atoms with Crippen LogP contribution in [0, 0.1) is 0 Å². The maximum absolute atomic E-state index is 12.5. The Balaban J connectivity index is 1.49. The van der Waals surface area contributed by atoms with Crippen LogP contribution in [0.3, 0.4) is 0 Å². The van der Waals surface area contributed by atoms with Gasteiger partial charge < -0.3 is 21.3 Å². The fourth-order valence-electron chi connectivity index (χ4n) is 2.77. The van der Waals surface area contributed by atoms with E-state index in [0.29, 0.717) is 16.5 Å². The zero-order valence-corrected chi connectivity index (χ0v) is 19.3. The smallest absolute Gasteiger partial charge is 0.237 e. The van der Waals surface area contributed by atoms with Crippen LogP contribution in [0.25, 0.3) is 0 Å². The molecule has 1 atom stereocenters. The van der Waals surface area contributed by atoms with Gasteiger partial charge >= 0.3 is 0 Å². The second-order valence-corrected chi connectivity index (χ2v) is 8.80. The lowest BCUT2D eigenvalue weighted by molar-refractivity contribution is -0.115. The SMILES string of the molecule is CC(=O)Nc1ccc(NC(=O)C(C)Sc2ccc(NC(=S)Nc3ccccc3)cc2)cc1. The molecule has 0 heterocycles. The third-order valence-corrected chi connectivity index (χ3v) is 5.61. The minimum absolute atomic E-state index is 0.0993. The number of nitrogens with one attached hydrogen (secondary N) is 4. The van der Waals surface area contributed by atoms with E-state index in [1.165, 1.54) is 18.7 Å². The summed E-state index contributed by atoms with van der Waals surface area (Å²) in [7, 11) is 0. The standard InChI is InChI=1S/C24H24N4O2S2/c1-16(23(30)26-20-10-8-19(9-11-20)25-17(2)29)32-22-14-12-21(13-15-22)28-24(31)27-18-6-4-3-5-7-18/h3-16H,1-2H3,(H,25,29)(H,26,30)(H2,27,28,31). The highest BCUT2D eigenvalue weighted by atomic mass is 32.2. The number of thiocarbonyl (C=S) groups is 1. The molecule has 3 aromatic carbocycles. The average Bonchev–Trinajstić information content (AvgIpc) is 2.76. The summed E-state index contributed by atoms with van der Waals surface area (Å²) in [5.74, 6) is -0.236. The summed E-state index contributed by atoms with van der Waals surface area (Å²) in [6, 6.07) is 24.5. The number of hydrogen-bond donors (Lipinski definition) is 4. The highest BCUT2D eigenvalue weighted by Crippen LogP contribution is 2.26. The van der Waals surface area contributed by atoms with Crippen LogP contribution in [0.15, 0.2) is 83.8 Å². The molecule has 32 heavy (non-hydrogen) atoms. The summed E-state index contributed by atoms with van der Waals surface area (Å²) in [4.78, 5) is 24.6. The van der Waals surface area contributed by atoms with Crippen molar-refractivity contribution in [2.75, 3.05) is 21.3 Å². The van der Waals surface area contributed by atoms with Gasteiger partial charge in [0, 0.05) is 34.6 Å². The van der Waals surface area contributed by atoms with Crippen LogP contribution in [0.4, 0.5) is 22.7 Å². The number of benzene rings is 3. The lowest BCUT2D eigenvalue weighted by atomic mass is 10.2. The Labute approximate surface area is 197 Å². The summed E-state index contributed by atoms with van der Waals surface area (Å²) in [5, 5.41) is 12.1. The molecule has 0 spiro atoms. The first-order chi connectivity index (χ1) is 15.4. The molecular formula is C24H24N4O2S2. The molecule has 4 N–H and O–H groups in total. The highest BCUT2D eigenvalue weighted by molar-refractivity contribution is 8.00. The van der Waals surface area contributed by atoms with Crippen molar-refractivity contribution >= 4 is 63.7 Å². The average molecular weight is 465 g/mol. The van der Waals surface area contributed by atoms with Gasteiger partial charge in [-0.25, -0.2) is 0 Å². The zero-order valence-electron chi connectivity index (χ0n) is 17.7. The number of thioether (sulfide) groups is 1. The number of para-hydroxylation sites is 1. The van der Waals surface area contributed by atoms with Crippen molar-refractivity contribution < 1.29 is 9.59 Å². The normalized spacial score (nSPS) is 11.2. The van der Waals surface area contributed by atoms with Gasteiger partial charge in [-0.15, -0.1) is 11.8 Å². The summed E-state index contributed by atoms with van der Waals surface area (Å²) >= 11 is 6.81. The van der Waals surface area contributed by atoms with Crippen LogP contribution in [-0.2, 0) is 9.59 Å². The van der Waals surface area contributed by atoms with E-state index in [1.807, 2.05) is 61.5 Å². The molecule has 3 rings (SSSR count). The number of carbonyl (C=O) groups is 2. The number of amides is 2. The fraction of sp³-hybridized carbons (Fsp3) is 0.125. The minimum atomic E-state index is -0.287. The van der Waals surface area contributed by atoms with E-state index in [2.05, 4.69) is 21.3 Å². The molecular weight excluding hydrogens is 440 g/mol. The van der Waals surface area contributed by atoms with E-state index in [0.717, 1.165) is 16.3 Å². The molecule has 0 aliphatic rings. The van der Waals surface area contributed by atoms with E-state index in [1.54, 1.807) is 24.3 Å². The Morgan fingerprint density at radius 1 is 0.719 bits per heavy atom. The Bertz CT molecular complexity index is 1070. The Hall–Kier alpha value is -3.36. The first kappa shape index (κ1) is 23.3. The molecule has 0 aromatic heterocycles. The first-order valence-corrected chi connectivity index (χ1v) is 11.3. The van der Waals surface area contributed by atoms with Crippen molar-refractivity contribution in [3.63, 3.8) is 0 Å². The van der Waals surface area contributed by atoms with Crippen molar-refractivity contribution in [3.8, 4) is 0 Å². The van der Waals surface area contributed by atoms with Crippen LogP contribution in [0.2, 0.25) is 0 Å². The lowest BCUT2D eigenvalue weighted by Gasteiger charge is -2.14. The van der Waals surface area contributed by atoms with Crippen molar-refractivity contribution in [2.45, 2.75) is 24.0 Å². The number of rotatable bonds is 7. The first-order valence-electron chi connectivity index (χ1n) is 9.97. The lowest BCUT2D eigenvalue weighted by Crippen LogP contribution is -2.22. The predicted molar refractivity (Wildman–Crippen MR) is 137 cm³/mol. The van der Waals surface area contributed by atoms with E-state index in [-0.39, 0.29) is 17.1 Å². The van der Waals surface area contributed by atoms with Crippen LogP contribution in [-0.4, -0.2) is 22.2 Å². The predicted octanol–water partition coefficient (Wildman–Crippen LogP) is 5.57. The zero-order chi connectivity index (χ0) is 22.9. The number of carbonyl (C=O) groups excluding carboxylic acids is 2. The largest absolute Gasteiger partial charge is 0.332 e. The molecule has 0 radical (unpaired) electrons. The van der Waals surface area contributed by atoms with E-state index >= 15 is 0 Å². The molecule has 0 fully saturated rings. The molecule has 6 nitrogen and oxygen atoms in total. The van der Waals surface area contributed by atoms with Gasteiger partial charge in [-0.3, -0.25) is 9.59 Å². The Morgan fingerprint density at radius 2 is 1.19 bits per heavy atom. The van der Waals surface area contributed by atoms with Crippen LogP contribution >= 0.6 is 24.0 Å². The second-order valence-electron chi connectivity index (χ2n) is 6.98. The summed E-state index contributed by atoms with van der Waals surface area (Å²) in [6.07, 6.45) is 0. The molecule has 2 amide bonds. The maximum Gasteiger partial charge on any atom is 0.237 e. The maximum atomic E-state index is 12.5. The number of anilines is 4. The van der Waals surface area contributed by atoms with Crippen molar-refractivity contribution in [1.29, 1.82) is 0 Å². The quantitative estimate of drug-likeness (QED) is 0.270. The minimum Gasteiger partial charge on any atom is -0.332 e. The van der Waals surface area contributed by atoms with Gasteiger partial charge in [0.15, 0.2) is 5.11 Å². The van der Waals surface area contributed by atoms with Gasteiger partial charge in [-0.1, -0.05) is 18.2 Å². The molecule has 0 saturated carbocycles. The monoisotopic (exact) mass is 464 g/mol. The number of hydrogen-bond acceptors (Lipinski definition) is 4. The van der Waals surface area contributed by atoms with Gasteiger partial charge in [-0.05, 0) is 79.8 Å². The van der Waals surface area contributed by atoms with Crippen LogP contribution in [0.5, 0.6) is 0 Å². The fourth-order valence-corrected chi connectivity index (χ4v) is 3.88. The Morgan fingerprint density at radius 3 is 1.75 bits per heavy atom. The van der Waals surface area contributed by atoms with Gasteiger partial charge in [0.25, 0.3) is 0 Å². The van der Waals surface area contributed by atoms with E-state index in [9.17, 15) is 9.59 Å². The van der Waals surface area contributed by atoms with Gasteiger partial charge in [0.05, 0.1) is 5.25 Å².